The summed E-state index contributed by atoms with van der Waals surface area (Å²) >= 11 is 0. The van der Waals surface area contributed by atoms with E-state index < -0.39 is 17.8 Å². The molecule has 5 heterocycles. The molecule has 0 bridgehead atoms. The van der Waals surface area contributed by atoms with Crippen molar-refractivity contribution < 1.29 is 22.7 Å². The van der Waals surface area contributed by atoms with Gasteiger partial charge in [-0.05, 0) is 18.9 Å². The van der Waals surface area contributed by atoms with E-state index in [1.807, 2.05) is 4.90 Å². The highest BCUT2D eigenvalue weighted by Crippen LogP contribution is 2.24. The molecule has 3 aromatic rings. The number of pyridine rings is 1. The summed E-state index contributed by atoms with van der Waals surface area (Å²) in [6, 6.07) is 1.73. The average molecular weight is 434 g/mol. The van der Waals surface area contributed by atoms with Gasteiger partial charge in [-0.3, -0.25) is 9.78 Å². The van der Waals surface area contributed by atoms with E-state index in [0.29, 0.717) is 44.0 Å². The highest BCUT2D eigenvalue weighted by molar-refractivity contribution is 5.50. The monoisotopic (exact) mass is 434 g/mol. The van der Waals surface area contributed by atoms with Gasteiger partial charge in [-0.15, -0.1) is 0 Å². The molecule has 0 N–H and O–H groups in total. The van der Waals surface area contributed by atoms with Gasteiger partial charge < -0.3 is 14.5 Å². The first-order valence-corrected chi connectivity index (χ1v) is 9.88. The number of fused-ring (bicyclic) bond motifs is 2. The highest BCUT2D eigenvalue weighted by Gasteiger charge is 2.22. The summed E-state index contributed by atoms with van der Waals surface area (Å²) in [6.45, 7) is 2.23. The van der Waals surface area contributed by atoms with Crippen LogP contribution in [0.1, 0.15) is 18.4 Å². The summed E-state index contributed by atoms with van der Waals surface area (Å²) in [4.78, 5) is 21.6. The quantitative estimate of drug-likeness (QED) is 0.577. The number of rotatable bonds is 2. The number of alkyl halides is 1. The highest BCUT2D eigenvalue weighted by atomic mass is 19.1. The first-order valence-electron chi connectivity index (χ1n) is 9.88. The van der Waals surface area contributed by atoms with Crippen molar-refractivity contribution >= 4 is 17.9 Å². The normalized spacial score (nSPS) is 18.5. The molecule has 0 aromatic carbocycles. The van der Waals surface area contributed by atoms with Crippen molar-refractivity contribution in [3.8, 4) is 5.75 Å². The van der Waals surface area contributed by atoms with Gasteiger partial charge in [0.2, 0.25) is 6.41 Å². The third kappa shape index (κ3) is 4.54. The molecule has 1 saturated heterocycles. The largest absolute Gasteiger partial charge is 0.488 e. The second-order valence-corrected chi connectivity index (χ2v) is 7.25. The molecular formula is C20H21F3N6O2. The summed E-state index contributed by atoms with van der Waals surface area (Å²) in [7, 11) is 0. The fourth-order valence-corrected chi connectivity index (χ4v) is 3.61. The van der Waals surface area contributed by atoms with Crippen molar-refractivity contribution in [3.05, 3.63) is 48.1 Å². The maximum Gasteiger partial charge on any atom is 0.210 e. The molecule has 11 heteroatoms. The van der Waals surface area contributed by atoms with Crippen LogP contribution < -0.4 is 9.64 Å². The summed E-state index contributed by atoms with van der Waals surface area (Å²) in [5.74, 6) is -0.0264. The van der Waals surface area contributed by atoms with E-state index in [0.717, 1.165) is 31.8 Å². The van der Waals surface area contributed by atoms with Crippen LogP contribution in [0.15, 0.2) is 30.9 Å². The first kappa shape index (κ1) is 20.9. The minimum absolute atomic E-state index is 0.184. The van der Waals surface area contributed by atoms with Crippen LogP contribution in [0.25, 0.3) is 5.65 Å². The number of carbonyl (C=O) groups excluding carboxylic acids is 1. The molecule has 0 spiro atoms. The lowest BCUT2D eigenvalue weighted by molar-refractivity contribution is -0.118. The summed E-state index contributed by atoms with van der Waals surface area (Å²) in [5, 5.41) is 3.93. The van der Waals surface area contributed by atoms with Crippen molar-refractivity contribution in [2.45, 2.75) is 25.6 Å². The van der Waals surface area contributed by atoms with E-state index in [2.05, 4.69) is 15.1 Å². The Hall–Kier alpha value is -3.37. The Labute approximate surface area is 176 Å². The number of piperidine rings is 1. The second kappa shape index (κ2) is 9.19. The number of amides is 1. The van der Waals surface area contributed by atoms with Gasteiger partial charge in [0, 0.05) is 24.5 Å². The molecule has 0 aliphatic carbocycles. The van der Waals surface area contributed by atoms with Crippen molar-refractivity contribution in [2.75, 3.05) is 31.1 Å². The smallest absolute Gasteiger partial charge is 0.210 e. The van der Waals surface area contributed by atoms with Crippen LogP contribution in [0.5, 0.6) is 5.75 Å². The molecule has 2 aliphatic heterocycles. The average Bonchev–Trinajstić information content (AvgIpc) is 3.02. The SMILES string of the molecule is Fc1cnn2c(N3CCCC(F)C3)ccnc12.O=CN1CCOc2c(F)cncc2C1. The topological polar surface area (TPSA) is 75.9 Å². The van der Waals surface area contributed by atoms with Gasteiger partial charge in [0.15, 0.2) is 23.0 Å². The van der Waals surface area contributed by atoms with Crippen LogP contribution in [-0.4, -0.2) is 63.3 Å². The van der Waals surface area contributed by atoms with E-state index in [-0.39, 0.29) is 11.4 Å². The first-order chi connectivity index (χ1) is 15.1. The van der Waals surface area contributed by atoms with Gasteiger partial charge in [0.25, 0.3) is 0 Å². The number of halogens is 3. The zero-order chi connectivity index (χ0) is 21.8. The van der Waals surface area contributed by atoms with Crippen LogP contribution in [0.4, 0.5) is 19.0 Å². The molecule has 1 fully saturated rings. The van der Waals surface area contributed by atoms with Gasteiger partial charge in [0.1, 0.15) is 18.6 Å². The maximum atomic E-state index is 13.4. The Bertz CT molecular complexity index is 1060. The Balaban J connectivity index is 0.000000152. The van der Waals surface area contributed by atoms with Crippen LogP contribution in [-0.2, 0) is 11.3 Å². The Kier molecular flexibility index (Phi) is 6.19. The van der Waals surface area contributed by atoms with Crippen molar-refractivity contribution in [2.24, 2.45) is 0 Å². The molecule has 1 atom stereocenters. The van der Waals surface area contributed by atoms with E-state index in [4.69, 9.17) is 4.74 Å². The zero-order valence-corrected chi connectivity index (χ0v) is 16.6. The Morgan fingerprint density at radius 2 is 2.03 bits per heavy atom. The molecule has 8 nitrogen and oxygen atoms in total. The Morgan fingerprint density at radius 3 is 2.84 bits per heavy atom. The van der Waals surface area contributed by atoms with Gasteiger partial charge in [-0.2, -0.15) is 9.61 Å². The molecule has 2 aliphatic rings. The van der Waals surface area contributed by atoms with E-state index >= 15 is 0 Å². The summed E-state index contributed by atoms with van der Waals surface area (Å²) in [6.07, 6.45) is 6.57. The lowest BCUT2D eigenvalue weighted by Gasteiger charge is -2.30. The van der Waals surface area contributed by atoms with E-state index in [1.54, 1.807) is 6.07 Å². The van der Waals surface area contributed by atoms with Crippen LogP contribution in [0.3, 0.4) is 0 Å². The molecule has 3 aromatic heterocycles. The molecule has 5 rings (SSSR count). The summed E-state index contributed by atoms with van der Waals surface area (Å²) < 4.78 is 46.5. The number of aromatic nitrogens is 4. The van der Waals surface area contributed by atoms with E-state index in [9.17, 15) is 18.0 Å². The lowest BCUT2D eigenvalue weighted by atomic mass is 10.1. The molecule has 1 amide bonds. The van der Waals surface area contributed by atoms with Crippen molar-refractivity contribution in [1.29, 1.82) is 0 Å². The fourth-order valence-electron chi connectivity index (χ4n) is 3.61. The van der Waals surface area contributed by atoms with Crippen LogP contribution in [0.2, 0.25) is 0 Å². The number of carbonyl (C=O) groups is 1. The van der Waals surface area contributed by atoms with Crippen molar-refractivity contribution in [3.63, 3.8) is 0 Å². The van der Waals surface area contributed by atoms with Gasteiger partial charge in [-0.1, -0.05) is 0 Å². The number of hydrogen-bond acceptors (Lipinski definition) is 6. The molecule has 31 heavy (non-hydrogen) atoms. The second-order valence-electron chi connectivity index (χ2n) is 7.25. The predicted octanol–water partition coefficient (Wildman–Crippen LogP) is 2.38. The molecule has 0 radical (unpaired) electrons. The molecule has 164 valence electrons. The van der Waals surface area contributed by atoms with Gasteiger partial charge >= 0.3 is 0 Å². The molecule has 0 saturated carbocycles. The standard InChI is InChI=1S/C11H12F2N4.C9H9FN2O2/c12-8-2-1-5-16(7-8)10-3-4-14-11-9(13)6-15-17(10)11;10-8-4-11-3-7-5-12(6-13)1-2-14-9(7)8/h3-4,6,8H,1-2,5,7H2;3-4,6H,1-2,5H2. The molecule has 1 unspecified atom stereocenters. The fraction of sp³-hybridized carbons (Fsp3) is 0.400. The lowest BCUT2D eigenvalue weighted by Crippen LogP contribution is -2.37. The minimum atomic E-state index is -0.827. The van der Waals surface area contributed by atoms with Crippen LogP contribution >= 0.6 is 0 Å². The summed E-state index contributed by atoms with van der Waals surface area (Å²) in [5.41, 5.74) is 0.790. The van der Waals surface area contributed by atoms with Gasteiger partial charge in [0.05, 0.1) is 32.0 Å². The maximum absolute atomic E-state index is 13.4. The zero-order valence-electron chi connectivity index (χ0n) is 16.6. The Morgan fingerprint density at radius 1 is 1.16 bits per heavy atom. The molecular weight excluding hydrogens is 413 g/mol. The number of hydrogen-bond donors (Lipinski definition) is 0. The predicted molar refractivity (Wildman–Crippen MR) is 105 cm³/mol. The number of anilines is 1. The number of ether oxygens (including phenoxy) is 1. The van der Waals surface area contributed by atoms with E-state index in [1.165, 1.54) is 21.8 Å². The minimum Gasteiger partial charge on any atom is -0.488 e. The number of nitrogens with zero attached hydrogens (tertiary/aromatic N) is 6. The van der Waals surface area contributed by atoms with Crippen LogP contribution in [0, 0.1) is 11.6 Å². The van der Waals surface area contributed by atoms with Crippen molar-refractivity contribution in [1.82, 2.24) is 24.5 Å². The third-order valence-corrected chi connectivity index (χ3v) is 5.10. The van der Waals surface area contributed by atoms with Gasteiger partial charge in [-0.25, -0.2) is 18.2 Å². The third-order valence-electron chi connectivity index (χ3n) is 5.10.